The fourth-order valence-electron chi connectivity index (χ4n) is 1.94. The molecule has 0 saturated heterocycles. The van der Waals surface area contributed by atoms with Crippen molar-refractivity contribution in [1.29, 1.82) is 0 Å². The second-order valence-corrected chi connectivity index (χ2v) is 4.11. The highest BCUT2D eigenvalue weighted by atomic mass is 16.4. The van der Waals surface area contributed by atoms with Crippen molar-refractivity contribution in [3.05, 3.63) is 35.4 Å². The van der Waals surface area contributed by atoms with E-state index in [2.05, 4.69) is 6.92 Å². The summed E-state index contributed by atoms with van der Waals surface area (Å²) in [5.74, 6) is -0.998. The topological polar surface area (TPSA) is 37.3 Å². The fraction of sp³-hybridized carbons (Fsp3) is 0.462. The molecule has 0 saturated carbocycles. The molecular weight excluding hydrogens is 188 g/mol. The zero-order valence-electron chi connectivity index (χ0n) is 9.53. The van der Waals surface area contributed by atoms with Gasteiger partial charge in [-0.25, -0.2) is 0 Å². The summed E-state index contributed by atoms with van der Waals surface area (Å²) in [5, 5.41) is 9.22. The Kier molecular flexibility index (Phi) is 3.89. The summed E-state index contributed by atoms with van der Waals surface area (Å²) in [7, 11) is 0. The van der Waals surface area contributed by atoms with Crippen molar-refractivity contribution in [2.45, 2.75) is 33.1 Å². The van der Waals surface area contributed by atoms with Gasteiger partial charge < -0.3 is 5.11 Å². The minimum Gasteiger partial charge on any atom is -0.481 e. The van der Waals surface area contributed by atoms with Gasteiger partial charge in [0, 0.05) is 0 Å². The maximum Gasteiger partial charge on any atom is 0.311 e. The molecule has 1 N–H and O–H groups in total. The van der Waals surface area contributed by atoms with Gasteiger partial charge in [0.1, 0.15) is 0 Å². The van der Waals surface area contributed by atoms with Crippen LogP contribution in [0.1, 0.15) is 37.8 Å². The summed E-state index contributed by atoms with van der Waals surface area (Å²) in [4.78, 5) is 11.2. The van der Waals surface area contributed by atoms with E-state index in [1.54, 1.807) is 0 Å². The predicted molar refractivity (Wildman–Crippen MR) is 61.0 cm³/mol. The summed E-state index contributed by atoms with van der Waals surface area (Å²) in [6.07, 6.45) is 0.882. The molecule has 0 aliphatic heterocycles. The van der Waals surface area contributed by atoms with Crippen LogP contribution in [0.5, 0.6) is 0 Å². The van der Waals surface area contributed by atoms with Crippen LogP contribution in [-0.2, 0) is 11.2 Å². The average Bonchev–Trinajstić information content (AvgIpc) is 2.17. The van der Waals surface area contributed by atoms with E-state index in [1.165, 1.54) is 0 Å². The number of rotatable bonds is 4. The number of carboxylic acids is 1. The number of carboxylic acid groups (broad SMARTS) is 1. The number of benzene rings is 1. The first-order chi connectivity index (χ1) is 7.07. The summed E-state index contributed by atoms with van der Waals surface area (Å²) in [6, 6.07) is 7.81. The minimum absolute atomic E-state index is 0.121. The first-order valence-corrected chi connectivity index (χ1v) is 5.38. The number of aryl methyl sites for hydroxylation is 1. The van der Waals surface area contributed by atoms with E-state index in [0.717, 1.165) is 17.5 Å². The van der Waals surface area contributed by atoms with E-state index in [1.807, 2.05) is 38.1 Å². The van der Waals surface area contributed by atoms with Crippen molar-refractivity contribution < 1.29 is 9.90 Å². The minimum atomic E-state index is -0.731. The molecule has 0 aromatic heterocycles. The fourth-order valence-corrected chi connectivity index (χ4v) is 1.94. The molecule has 0 aliphatic rings. The highest BCUT2D eigenvalue weighted by molar-refractivity contribution is 5.77. The van der Waals surface area contributed by atoms with Gasteiger partial charge in [-0.3, -0.25) is 4.79 Å². The molecule has 1 aromatic rings. The molecule has 0 amide bonds. The summed E-state index contributed by atoms with van der Waals surface area (Å²) < 4.78 is 0. The molecule has 0 bridgehead atoms. The molecule has 82 valence electrons. The van der Waals surface area contributed by atoms with Crippen LogP contribution in [0.2, 0.25) is 0 Å². The summed E-state index contributed by atoms with van der Waals surface area (Å²) in [6.45, 7) is 5.95. The Balaban J connectivity index is 3.16. The van der Waals surface area contributed by atoms with Crippen LogP contribution < -0.4 is 0 Å². The van der Waals surface area contributed by atoms with Crippen LogP contribution in [0, 0.1) is 5.92 Å². The van der Waals surface area contributed by atoms with Crippen LogP contribution in [0.25, 0.3) is 0 Å². The van der Waals surface area contributed by atoms with Crippen LogP contribution in [-0.4, -0.2) is 11.1 Å². The highest BCUT2D eigenvalue weighted by Crippen LogP contribution is 2.27. The molecule has 15 heavy (non-hydrogen) atoms. The van der Waals surface area contributed by atoms with E-state index in [0.29, 0.717) is 0 Å². The summed E-state index contributed by atoms with van der Waals surface area (Å²) >= 11 is 0. The normalized spacial score (nSPS) is 12.8. The second kappa shape index (κ2) is 4.96. The van der Waals surface area contributed by atoms with Crippen molar-refractivity contribution in [2.24, 2.45) is 5.92 Å². The molecule has 1 unspecified atom stereocenters. The Morgan fingerprint density at radius 1 is 1.33 bits per heavy atom. The van der Waals surface area contributed by atoms with Crippen molar-refractivity contribution in [3.63, 3.8) is 0 Å². The van der Waals surface area contributed by atoms with Crippen LogP contribution in [0.3, 0.4) is 0 Å². The number of carbonyl (C=O) groups is 1. The first-order valence-electron chi connectivity index (χ1n) is 5.38. The van der Waals surface area contributed by atoms with Crippen molar-refractivity contribution >= 4 is 5.97 Å². The standard InChI is InChI=1S/C13H18O2/c1-4-10-7-5-6-8-11(10)12(9(2)3)13(14)15/h5-9,12H,4H2,1-3H3,(H,14,15). The lowest BCUT2D eigenvalue weighted by Gasteiger charge is -2.19. The van der Waals surface area contributed by atoms with Gasteiger partial charge in [0.2, 0.25) is 0 Å². The van der Waals surface area contributed by atoms with Crippen LogP contribution in [0.15, 0.2) is 24.3 Å². The summed E-state index contributed by atoms with van der Waals surface area (Å²) in [5.41, 5.74) is 2.10. The van der Waals surface area contributed by atoms with Crippen molar-refractivity contribution in [3.8, 4) is 0 Å². The van der Waals surface area contributed by atoms with E-state index >= 15 is 0 Å². The van der Waals surface area contributed by atoms with E-state index in [-0.39, 0.29) is 11.8 Å². The predicted octanol–water partition coefficient (Wildman–Crippen LogP) is 3.07. The maximum absolute atomic E-state index is 11.2. The third kappa shape index (κ3) is 2.58. The average molecular weight is 206 g/mol. The van der Waals surface area contributed by atoms with Gasteiger partial charge in [-0.15, -0.1) is 0 Å². The molecule has 0 fully saturated rings. The third-order valence-electron chi connectivity index (χ3n) is 2.70. The molecule has 0 radical (unpaired) electrons. The molecule has 0 heterocycles. The Morgan fingerprint density at radius 2 is 1.93 bits per heavy atom. The smallest absolute Gasteiger partial charge is 0.311 e. The van der Waals surface area contributed by atoms with Crippen molar-refractivity contribution in [1.82, 2.24) is 0 Å². The largest absolute Gasteiger partial charge is 0.481 e. The van der Waals surface area contributed by atoms with E-state index in [9.17, 15) is 9.90 Å². The zero-order chi connectivity index (χ0) is 11.4. The lowest BCUT2D eigenvalue weighted by molar-refractivity contribution is -0.139. The van der Waals surface area contributed by atoms with Gasteiger partial charge in [0.15, 0.2) is 0 Å². The van der Waals surface area contributed by atoms with Gasteiger partial charge >= 0.3 is 5.97 Å². The molecule has 1 atom stereocenters. The lowest BCUT2D eigenvalue weighted by atomic mass is 9.85. The number of aliphatic carboxylic acids is 1. The Labute approximate surface area is 90.9 Å². The second-order valence-electron chi connectivity index (χ2n) is 4.11. The molecule has 0 aliphatic carbocycles. The van der Waals surface area contributed by atoms with Gasteiger partial charge in [-0.2, -0.15) is 0 Å². The number of hydrogen-bond donors (Lipinski definition) is 1. The first kappa shape index (κ1) is 11.8. The molecular formula is C13H18O2. The van der Waals surface area contributed by atoms with Crippen LogP contribution in [0.4, 0.5) is 0 Å². The maximum atomic E-state index is 11.2. The zero-order valence-corrected chi connectivity index (χ0v) is 9.53. The van der Waals surface area contributed by atoms with Gasteiger partial charge in [-0.1, -0.05) is 45.0 Å². The molecule has 1 rings (SSSR count). The molecule has 0 spiro atoms. The van der Waals surface area contributed by atoms with Crippen molar-refractivity contribution in [2.75, 3.05) is 0 Å². The molecule has 2 nitrogen and oxygen atoms in total. The lowest BCUT2D eigenvalue weighted by Crippen LogP contribution is -2.18. The Hall–Kier alpha value is -1.31. The SMILES string of the molecule is CCc1ccccc1C(C(=O)O)C(C)C. The highest BCUT2D eigenvalue weighted by Gasteiger charge is 2.24. The van der Waals surface area contributed by atoms with Crippen LogP contribution >= 0.6 is 0 Å². The van der Waals surface area contributed by atoms with E-state index < -0.39 is 5.97 Å². The molecule has 2 heteroatoms. The third-order valence-corrected chi connectivity index (χ3v) is 2.70. The Bertz CT molecular complexity index is 342. The van der Waals surface area contributed by atoms with Gasteiger partial charge in [-0.05, 0) is 23.5 Å². The monoisotopic (exact) mass is 206 g/mol. The quantitative estimate of drug-likeness (QED) is 0.822. The number of hydrogen-bond acceptors (Lipinski definition) is 1. The van der Waals surface area contributed by atoms with E-state index in [4.69, 9.17) is 0 Å². The van der Waals surface area contributed by atoms with Gasteiger partial charge in [0.25, 0.3) is 0 Å². The molecule has 1 aromatic carbocycles. The Morgan fingerprint density at radius 3 is 2.40 bits per heavy atom. The van der Waals surface area contributed by atoms with Gasteiger partial charge in [0.05, 0.1) is 5.92 Å².